The maximum absolute atomic E-state index is 12.2. The molecule has 1 aromatic carbocycles. The zero-order valence-electron chi connectivity index (χ0n) is 13.6. The third-order valence-electron chi connectivity index (χ3n) is 3.85. The first kappa shape index (κ1) is 17.2. The van der Waals surface area contributed by atoms with E-state index >= 15 is 0 Å². The number of carbonyl (C=O) groups excluding carboxylic acids is 1. The first-order valence-corrected chi connectivity index (χ1v) is 8.27. The normalized spacial score (nSPS) is 17.3. The van der Waals surface area contributed by atoms with Crippen LogP contribution in [0.15, 0.2) is 66.8 Å². The van der Waals surface area contributed by atoms with Gasteiger partial charge in [-0.2, -0.15) is 0 Å². The Labute approximate surface area is 138 Å². The second-order valence-electron chi connectivity index (χ2n) is 5.64. The van der Waals surface area contributed by atoms with Gasteiger partial charge in [0.25, 0.3) is 0 Å². The Hall–Kier alpha value is -2.19. The number of carbonyl (C=O) groups is 1. The minimum atomic E-state index is -0.680. The minimum Gasteiger partial charge on any atom is -0.384 e. The number of hydrogen-bond donors (Lipinski definition) is 1. The molecule has 120 valence electrons. The first-order chi connectivity index (χ1) is 11.2. The molecule has 1 unspecified atom stereocenters. The van der Waals surface area contributed by atoms with Gasteiger partial charge < -0.3 is 5.11 Å². The Bertz CT molecular complexity index is 648. The number of fused-ring (bicyclic) bond motifs is 1. The zero-order chi connectivity index (χ0) is 16.5. The van der Waals surface area contributed by atoms with Crippen molar-refractivity contribution in [3.63, 3.8) is 0 Å². The van der Waals surface area contributed by atoms with Crippen LogP contribution >= 0.6 is 0 Å². The molecule has 0 saturated heterocycles. The van der Waals surface area contributed by atoms with E-state index in [4.69, 9.17) is 0 Å². The molecule has 1 aliphatic rings. The van der Waals surface area contributed by atoms with E-state index in [1.54, 1.807) is 18.2 Å². The van der Waals surface area contributed by atoms with Crippen molar-refractivity contribution in [3.8, 4) is 0 Å². The maximum atomic E-state index is 12.2. The number of hydrogen-bond acceptors (Lipinski definition) is 2. The van der Waals surface area contributed by atoms with Crippen LogP contribution in [-0.4, -0.2) is 10.9 Å². The average Bonchev–Trinajstić information content (AvgIpc) is 2.91. The van der Waals surface area contributed by atoms with Gasteiger partial charge in [0.2, 0.25) is 0 Å². The highest BCUT2D eigenvalue weighted by Crippen LogP contribution is 2.34. The number of rotatable bonds is 8. The summed E-state index contributed by atoms with van der Waals surface area (Å²) in [6, 6.07) is 7.47. The van der Waals surface area contributed by atoms with Gasteiger partial charge in [-0.3, -0.25) is 4.79 Å². The highest BCUT2D eigenvalue weighted by atomic mass is 16.3. The Morgan fingerprint density at radius 3 is 2.74 bits per heavy atom. The summed E-state index contributed by atoms with van der Waals surface area (Å²) in [6.07, 6.45) is 17.0. The van der Waals surface area contributed by atoms with E-state index in [9.17, 15) is 9.90 Å². The van der Waals surface area contributed by atoms with E-state index in [-0.39, 0.29) is 5.78 Å². The third kappa shape index (κ3) is 4.90. The fourth-order valence-electron chi connectivity index (χ4n) is 2.60. The largest absolute Gasteiger partial charge is 0.384 e. The van der Waals surface area contributed by atoms with Gasteiger partial charge in [-0.1, -0.05) is 74.4 Å². The van der Waals surface area contributed by atoms with E-state index in [0.29, 0.717) is 5.57 Å². The highest BCUT2D eigenvalue weighted by Gasteiger charge is 2.23. The molecule has 1 aromatic rings. The van der Waals surface area contributed by atoms with Crippen LogP contribution in [0.3, 0.4) is 0 Å². The number of ketones is 1. The molecule has 0 aromatic heterocycles. The number of benzene rings is 1. The van der Waals surface area contributed by atoms with E-state index in [0.717, 1.165) is 17.5 Å². The van der Waals surface area contributed by atoms with Crippen LogP contribution in [0, 0.1) is 0 Å². The van der Waals surface area contributed by atoms with Crippen LogP contribution in [-0.2, 0) is 4.79 Å². The van der Waals surface area contributed by atoms with Gasteiger partial charge >= 0.3 is 0 Å². The van der Waals surface area contributed by atoms with E-state index in [1.807, 2.05) is 42.5 Å². The molecule has 0 heterocycles. The molecule has 1 aliphatic carbocycles. The van der Waals surface area contributed by atoms with Crippen LogP contribution in [0.1, 0.15) is 49.8 Å². The molecule has 2 nitrogen and oxygen atoms in total. The van der Waals surface area contributed by atoms with Crippen molar-refractivity contribution in [2.75, 3.05) is 0 Å². The molecule has 0 radical (unpaired) electrons. The number of aliphatic hydroxyl groups is 1. The molecule has 1 atom stereocenters. The van der Waals surface area contributed by atoms with Crippen molar-refractivity contribution in [2.24, 2.45) is 0 Å². The highest BCUT2D eigenvalue weighted by molar-refractivity contribution is 6.27. The summed E-state index contributed by atoms with van der Waals surface area (Å²) in [6.45, 7) is 2.20. The van der Waals surface area contributed by atoms with E-state index < -0.39 is 6.10 Å². The fraction of sp³-hybridized carbons (Fsp3) is 0.286. The zero-order valence-corrected chi connectivity index (χ0v) is 13.6. The molecule has 1 N–H and O–H groups in total. The third-order valence-corrected chi connectivity index (χ3v) is 3.85. The molecule has 0 saturated carbocycles. The van der Waals surface area contributed by atoms with Crippen molar-refractivity contribution in [2.45, 2.75) is 38.7 Å². The predicted octanol–water partition coefficient (Wildman–Crippen LogP) is 4.94. The molecule has 0 amide bonds. The van der Waals surface area contributed by atoms with Gasteiger partial charge in [-0.15, -0.1) is 0 Å². The van der Waals surface area contributed by atoms with Gasteiger partial charge in [0, 0.05) is 5.57 Å². The summed E-state index contributed by atoms with van der Waals surface area (Å²) >= 11 is 0. The Morgan fingerprint density at radius 1 is 1.13 bits per heavy atom. The molecule has 2 rings (SSSR count). The van der Waals surface area contributed by atoms with E-state index in [1.165, 1.54) is 19.3 Å². The molecule has 0 bridgehead atoms. The second-order valence-corrected chi connectivity index (χ2v) is 5.64. The molecule has 0 fully saturated rings. The molecule has 0 spiro atoms. The van der Waals surface area contributed by atoms with E-state index in [2.05, 4.69) is 13.0 Å². The molecular formula is C21H24O2. The van der Waals surface area contributed by atoms with Gasteiger partial charge in [0.1, 0.15) is 0 Å². The lowest BCUT2D eigenvalue weighted by molar-refractivity contribution is -0.109. The van der Waals surface area contributed by atoms with Crippen LogP contribution in [0.2, 0.25) is 0 Å². The van der Waals surface area contributed by atoms with Crippen LogP contribution in [0.5, 0.6) is 0 Å². The van der Waals surface area contributed by atoms with Crippen molar-refractivity contribution in [1.29, 1.82) is 0 Å². The van der Waals surface area contributed by atoms with Gasteiger partial charge in [-0.05, 0) is 36.1 Å². The summed E-state index contributed by atoms with van der Waals surface area (Å²) in [5, 5.41) is 9.96. The van der Waals surface area contributed by atoms with Crippen LogP contribution in [0.4, 0.5) is 0 Å². The summed E-state index contributed by atoms with van der Waals surface area (Å²) in [5.74, 6) is -0.0782. The summed E-state index contributed by atoms with van der Waals surface area (Å²) in [5.41, 5.74) is 2.21. The summed E-state index contributed by atoms with van der Waals surface area (Å²) in [7, 11) is 0. The topological polar surface area (TPSA) is 37.3 Å². The summed E-state index contributed by atoms with van der Waals surface area (Å²) < 4.78 is 0. The standard InChI is InChI=1S/C21H24O2/c1-2-3-4-5-6-7-8-9-10-15-20(22)19-16-21(23)18-14-12-11-13-17(18)19/h6-16,21,23H,2-5H2,1H3/b7-6+,9-8+,15-10+. The monoisotopic (exact) mass is 308 g/mol. The number of unbranched alkanes of at least 4 members (excludes halogenated alkanes) is 3. The predicted molar refractivity (Wildman–Crippen MR) is 95.9 cm³/mol. The molecule has 23 heavy (non-hydrogen) atoms. The van der Waals surface area contributed by atoms with Crippen molar-refractivity contribution in [3.05, 3.63) is 77.9 Å². The molecular weight excluding hydrogens is 284 g/mol. The van der Waals surface area contributed by atoms with Gasteiger partial charge in [0.15, 0.2) is 5.78 Å². The molecule has 0 aliphatic heterocycles. The van der Waals surface area contributed by atoms with Crippen LogP contribution < -0.4 is 0 Å². The SMILES string of the molecule is CCCCC/C=C/C=C/C=C/C(=O)C1=CC(O)c2ccccc21. The maximum Gasteiger partial charge on any atom is 0.186 e. The fourth-order valence-corrected chi connectivity index (χ4v) is 2.60. The van der Waals surface area contributed by atoms with Gasteiger partial charge in [-0.25, -0.2) is 0 Å². The lowest BCUT2D eigenvalue weighted by atomic mass is 10.0. The number of aliphatic hydroxyl groups excluding tert-OH is 1. The molecule has 2 heteroatoms. The Balaban J connectivity index is 1.87. The van der Waals surface area contributed by atoms with Crippen molar-refractivity contribution < 1.29 is 9.90 Å². The number of allylic oxidation sites excluding steroid dienone is 7. The van der Waals surface area contributed by atoms with Gasteiger partial charge in [0.05, 0.1) is 6.10 Å². The lowest BCUT2D eigenvalue weighted by Gasteiger charge is -2.03. The lowest BCUT2D eigenvalue weighted by Crippen LogP contribution is -1.95. The minimum absolute atomic E-state index is 0.0782. The Morgan fingerprint density at radius 2 is 1.91 bits per heavy atom. The average molecular weight is 308 g/mol. The first-order valence-electron chi connectivity index (χ1n) is 8.27. The quantitative estimate of drug-likeness (QED) is 0.420. The van der Waals surface area contributed by atoms with Crippen molar-refractivity contribution in [1.82, 2.24) is 0 Å². The second kappa shape index (κ2) is 9.06. The summed E-state index contributed by atoms with van der Waals surface area (Å²) in [4.78, 5) is 12.2. The van der Waals surface area contributed by atoms with Crippen molar-refractivity contribution >= 4 is 11.4 Å². The smallest absolute Gasteiger partial charge is 0.186 e. The van der Waals surface area contributed by atoms with Crippen LogP contribution in [0.25, 0.3) is 5.57 Å². The Kier molecular flexibility index (Phi) is 6.76.